The number of carbonyl (C=O) groups is 1. The molecule has 0 atom stereocenters. The first-order valence-electron chi connectivity index (χ1n) is 4.54. The van der Waals surface area contributed by atoms with Gasteiger partial charge in [0.25, 0.3) is 0 Å². The third-order valence-corrected chi connectivity index (χ3v) is 2.04. The van der Waals surface area contributed by atoms with Crippen LogP contribution in [0.2, 0.25) is 0 Å². The Morgan fingerprint density at radius 1 is 1.56 bits per heavy atom. The van der Waals surface area contributed by atoms with Gasteiger partial charge in [0, 0.05) is 24.0 Å². The van der Waals surface area contributed by atoms with Crippen LogP contribution in [0.15, 0.2) is 24.5 Å². The van der Waals surface area contributed by atoms with Gasteiger partial charge >= 0.3 is 6.09 Å². The lowest BCUT2D eigenvalue weighted by Gasteiger charge is -2.07. The standard InChI is InChI=1S/C9H11N5O2/c1-16-9(15)14-8(10)4-7(13-14)6-2-3-11-12-5-6/h2-5,11-12H,10H2,1H3. The largest absolute Gasteiger partial charge is 0.451 e. The van der Waals surface area contributed by atoms with Crippen LogP contribution in [0.3, 0.4) is 0 Å². The number of methoxy groups -OCH3 is 1. The van der Waals surface area contributed by atoms with E-state index in [9.17, 15) is 4.79 Å². The number of hydrogen-bond acceptors (Lipinski definition) is 6. The summed E-state index contributed by atoms with van der Waals surface area (Å²) in [4.78, 5) is 11.3. The molecule has 7 nitrogen and oxygen atoms in total. The summed E-state index contributed by atoms with van der Waals surface area (Å²) >= 11 is 0. The highest BCUT2D eigenvalue weighted by atomic mass is 16.5. The predicted octanol–water partition coefficient (Wildman–Crippen LogP) is 0.0422. The van der Waals surface area contributed by atoms with Crippen LogP contribution in [-0.4, -0.2) is 23.0 Å². The van der Waals surface area contributed by atoms with Gasteiger partial charge in [-0.1, -0.05) is 0 Å². The molecular formula is C9H11N5O2. The fraction of sp³-hybridized carbons (Fsp3) is 0.111. The van der Waals surface area contributed by atoms with Crippen LogP contribution in [0, 0.1) is 0 Å². The topological polar surface area (TPSA) is 94.2 Å². The van der Waals surface area contributed by atoms with Gasteiger partial charge in [-0.15, -0.1) is 4.68 Å². The molecule has 1 aliphatic heterocycles. The number of nitrogens with one attached hydrogen (secondary N) is 2. The monoisotopic (exact) mass is 221 g/mol. The molecule has 0 spiro atoms. The molecule has 0 saturated heterocycles. The van der Waals surface area contributed by atoms with Crippen LogP contribution < -0.4 is 16.6 Å². The molecule has 0 aromatic carbocycles. The van der Waals surface area contributed by atoms with Gasteiger partial charge in [-0.2, -0.15) is 5.10 Å². The number of hydrazine groups is 1. The summed E-state index contributed by atoms with van der Waals surface area (Å²) in [6, 6.07) is 1.60. The molecule has 0 fully saturated rings. The molecule has 4 N–H and O–H groups in total. The normalized spacial score (nSPS) is 13.7. The Morgan fingerprint density at radius 2 is 2.38 bits per heavy atom. The van der Waals surface area contributed by atoms with Crippen molar-refractivity contribution >= 4 is 17.5 Å². The Hall–Kier alpha value is -2.44. The number of nitrogens with zero attached hydrogens (tertiary/aromatic N) is 2. The average molecular weight is 221 g/mol. The Labute approximate surface area is 91.5 Å². The van der Waals surface area contributed by atoms with E-state index in [-0.39, 0.29) is 5.82 Å². The van der Waals surface area contributed by atoms with E-state index in [1.165, 1.54) is 7.11 Å². The Morgan fingerprint density at radius 3 is 3.00 bits per heavy atom. The number of rotatable bonds is 1. The molecule has 7 heteroatoms. The van der Waals surface area contributed by atoms with Crippen molar-refractivity contribution in [2.24, 2.45) is 0 Å². The Balaban J connectivity index is 2.34. The van der Waals surface area contributed by atoms with Crippen LogP contribution >= 0.6 is 0 Å². The fourth-order valence-electron chi connectivity index (χ4n) is 1.28. The van der Waals surface area contributed by atoms with Gasteiger partial charge < -0.3 is 21.3 Å². The minimum Gasteiger partial charge on any atom is -0.451 e. The second-order valence-electron chi connectivity index (χ2n) is 3.06. The third kappa shape index (κ3) is 1.70. The SMILES string of the molecule is COC(=O)n1nc(C2=CNNC=C2)cc1N. The zero-order valence-corrected chi connectivity index (χ0v) is 8.60. The maximum atomic E-state index is 11.3. The van der Waals surface area contributed by atoms with Crippen LogP contribution in [0.4, 0.5) is 10.6 Å². The van der Waals surface area contributed by atoms with Gasteiger partial charge in [0.15, 0.2) is 0 Å². The second-order valence-corrected chi connectivity index (χ2v) is 3.06. The van der Waals surface area contributed by atoms with Gasteiger partial charge in [0.05, 0.1) is 12.8 Å². The second kappa shape index (κ2) is 3.97. The fourth-order valence-corrected chi connectivity index (χ4v) is 1.28. The molecule has 84 valence electrons. The summed E-state index contributed by atoms with van der Waals surface area (Å²) < 4.78 is 5.54. The van der Waals surface area contributed by atoms with Crippen molar-refractivity contribution in [2.45, 2.75) is 0 Å². The van der Waals surface area contributed by atoms with Crippen molar-refractivity contribution in [3.05, 3.63) is 30.2 Å². The van der Waals surface area contributed by atoms with E-state index in [2.05, 4.69) is 20.7 Å². The molecule has 1 aromatic heterocycles. The summed E-state index contributed by atoms with van der Waals surface area (Å²) in [7, 11) is 1.27. The molecule has 0 bridgehead atoms. The molecule has 1 aromatic rings. The number of nitrogen functional groups attached to an aromatic ring is 1. The number of ether oxygens (including phenoxy) is 1. The lowest BCUT2D eigenvalue weighted by atomic mass is 10.2. The summed E-state index contributed by atoms with van der Waals surface area (Å²) in [5.41, 5.74) is 12.6. The van der Waals surface area contributed by atoms with Crippen molar-refractivity contribution in [2.75, 3.05) is 12.8 Å². The van der Waals surface area contributed by atoms with E-state index in [0.717, 1.165) is 10.3 Å². The molecule has 2 heterocycles. The lowest BCUT2D eigenvalue weighted by Crippen LogP contribution is -2.23. The smallest absolute Gasteiger partial charge is 0.436 e. The van der Waals surface area contributed by atoms with Gasteiger partial charge in [-0.25, -0.2) is 4.79 Å². The average Bonchev–Trinajstić information content (AvgIpc) is 2.71. The first-order valence-corrected chi connectivity index (χ1v) is 4.54. The first-order chi connectivity index (χ1) is 7.72. The van der Waals surface area contributed by atoms with Crippen LogP contribution in [-0.2, 0) is 4.74 Å². The minimum atomic E-state index is -0.616. The van der Waals surface area contributed by atoms with Gasteiger partial charge in [-0.05, 0) is 6.08 Å². The molecule has 0 amide bonds. The first kappa shape index (κ1) is 10.1. The van der Waals surface area contributed by atoms with Gasteiger partial charge in [0.2, 0.25) is 0 Å². The number of carbonyl (C=O) groups excluding carboxylic acids is 1. The molecule has 1 aliphatic rings. The van der Waals surface area contributed by atoms with Gasteiger partial charge in [0.1, 0.15) is 5.82 Å². The predicted molar refractivity (Wildman–Crippen MR) is 57.8 cm³/mol. The summed E-state index contributed by atoms with van der Waals surface area (Å²) in [6.07, 6.45) is 4.61. The third-order valence-electron chi connectivity index (χ3n) is 2.04. The lowest BCUT2D eigenvalue weighted by molar-refractivity contribution is 0.170. The van der Waals surface area contributed by atoms with Crippen molar-refractivity contribution in [3.63, 3.8) is 0 Å². The highest BCUT2D eigenvalue weighted by molar-refractivity contribution is 5.78. The van der Waals surface area contributed by atoms with E-state index in [1.54, 1.807) is 24.5 Å². The number of allylic oxidation sites excluding steroid dienone is 2. The molecule has 0 aliphatic carbocycles. The maximum absolute atomic E-state index is 11.3. The maximum Gasteiger partial charge on any atom is 0.436 e. The van der Waals surface area contributed by atoms with E-state index in [0.29, 0.717) is 5.69 Å². The number of anilines is 1. The Bertz CT molecular complexity index is 474. The number of nitrogens with two attached hydrogens (primary N) is 1. The number of hydrogen-bond donors (Lipinski definition) is 3. The molecular weight excluding hydrogens is 210 g/mol. The Kier molecular flexibility index (Phi) is 2.50. The van der Waals surface area contributed by atoms with E-state index >= 15 is 0 Å². The van der Waals surface area contributed by atoms with Gasteiger partial charge in [-0.3, -0.25) is 0 Å². The zero-order valence-electron chi connectivity index (χ0n) is 8.60. The summed E-state index contributed by atoms with van der Waals surface area (Å²) in [5, 5.41) is 4.03. The van der Waals surface area contributed by atoms with Crippen molar-refractivity contribution in [1.82, 2.24) is 20.6 Å². The quantitative estimate of drug-likeness (QED) is 0.620. The van der Waals surface area contributed by atoms with Crippen molar-refractivity contribution in [1.29, 1.82) is 0 Å². The number of aromatic nitrogens is 2. The van der Waals surface area contributed by atoms with Crippen molar-refractivity contribution < 1.29 is 9.53 Å². The van der Waals surface area contributed by atoms with Crippen LogP contribution in [0.1, 0.15) is 5.69 Å². The van der Waals surface area contributed by atoms with E-state index in [4.69, 9.17) is 5.73 Å². The highest BCUT2D eigenvalue weighted by Gasteiger charge is 2.14. The molecule has 16 heavy (non-hydrogen) atoms. The molecule has 2 rings (SSSR count). The minimum absolute atomic E-state index is 0.231. The van der Waals surface area contributed by atoms with Crippen LogP contribution in [0.5, 0.6) is 0 Å². The highest BCUT2D eigenvalue weighted by Crippen LogP contribution is 2.17. The van der Waals surface area contributed by atoms with Crippen molar-refractivity contribution in [3.8, 4) is 0 Å². The molecule has 0 unspecified atom stereocenters. The van der Waals surface area contributed by atoms with E-state index < -0.39 is 6.09 Å². The molecule has 0 saturated carbocycles. The summed E-state index contributed by atoms with van der Waals surface area (Å²) in [6.45, 7) is 0. The van der Waals surface area contributed by atoms with E-state index in [1.807, 2.05) is 0 Å². The summed E-state index contributed by atoms with van der Waals surface area (Å²) in [5.74, 6) is 0.231. The van der Waals surface area contributed by atoms with Crippen LogP contribution in [0.25, 0.3) is 5.57 Å². The zero-order chi connectivity index (χ0) is 11.5. The molecule has 0 radical (unpaired) electrons.